The van der Waals surface area contributed by atoms with Gasteiger partial charge < -0.3 is 18.9 Å². The van der Waals surface area contributed by atoms with E-state index in [1.54, 1.807) is 0 Å². The van der Waals surface area contributed by atoms with Gasteiger partial charge in [-0.3, -0.25) is 14.4 Å². The van der Waals surface area contributed by atoms with Gasteiger partial charge in [0.05, 0.1) is 4.47 Å². The molecule has 2 rings (SSSR count). The Bertz CT molecular complexity index is 729. The third kappa shape index (κ3) is 6.10. The van der Waals surface area contributed by atoms with Crippen LogP contribution in [0.4, 0.5) is 4.39 Å². The summed E-state index contributed by atoms with van der Waals surface area (Å²) in [7, 11) is 0. The zero-order valence-electron chi connectivity index (χ0n) is 14.8. The van der Waals surface area contributed by atoms with Crippen molar-refractivity contribution in [1.82, 2.24) is 0 Å². The number of carbonyl (C=O) groups is 3. The lowest BCUT2D eigenvalue weighted by molar-refractivity contribution is -0.186. The standard InChI is InChI=1S/C17H18BrFO7S/c1-8(20)23-14-7-27-17(26-13-6-11(19)4-5-12(13)18)16(25-10(3)22)15(14)24-9(2)21/h4-6,14-17H,7H2,1-3H3/t14-,15+,16-,17+/m1/s1. The number of benzene rings is 1. The fraction of sp³-hybridized carbons (Fsp3) is 0.471. The summed E-state index contributed by atoms with van der Waals surface area (Å²) >= 11 is 4.46. The third-order valence-electron chi connectivity index (χ3n) is 3.44. The van der Waals surface area contributed by atoms with E-state index >= 15 is 0 Å². The lowest BCUT2D eigenvalue weighted by atomic mass is 10.1. The van der Waals surface area contributed by atoms with E-state index in [0.29, 0.717) is 4.47 Å². The molecule has 148 valence electrons. The van der Waals surface area contributed by atoms with Crippen molar-refractivity contribution in [2.75, 3.05) is 5.75 Å². The van der Waals surface area contributed by atoms with Gasteiger partial charge in [-0.1, -0.05) is 0 Å². The van der Waals surface area contributed by atoms with Gasteiger partial charge >= 0.3 is 17.9 Å². The average molecular weight is 465 g/mol. The molecule has 0 amide bonds. The number of thioether (sulfide) groups is 1. The van der Waals surface area contributed by atoms with Crippen LogP contribution in [-0.4, -0.2) is 47.4 Å². The van der Waals surface area contributed by atoms with E-state index in [1.165, 1.54) is 50.7 Å². The Hall–Kier alpha value is -1.81. The molecule has 0 unspecified atom stereocenters. The minimum Gasteiger partial charge on any atom is -0.474 e. The summed E-state index contributed by atoms with van der Waals surface area (Å²) in [4.78, 5) is 34.5. The molecule has 1 fully saturated rings. The lowest BCUT2D eigenvalue weighted by Crippen LogP contribution is -2.55. The molecule has 0 bridgehead atoms. The van der Waals surface area contributed by atoms with Crippen molar-refractivity contribution >= 4 is 45.6 Å². The van der Waals surface area contributed by atoms with Crippen LogP contribution < -0.4 is 4.74 Å². The Labute approximate surface area is 168 Å². The second-order valence-electron chi connectivity index (χ2n) is 5.69. The Morgan fingerprint density at radius 2 is 1.63 bits per heavy atom. The van der Waals surface area contributed by atoms with Crippen LogP contribution >= 0.6 is 27.7 Å². The molecular weight excluding hydrogens is 447 g/mol. The molecular formula is C17H18BrFO7S. The molecule has 1 heterocycles. The summed E-state index contributed by atoms with van der Waals surface area (Å²) < 4.78 is 35.6. The van der Waals surface area contributed by atoms with Gasteiger partial charge in [0.1, 0.15) is 11.6 Å². The summed E-state index contributed by atoms with van der Waals surface area (Å²) in [5.74, 6) is -1.91. The smallest absolute Gasteiger partial charge is 0.303 e. The molecule has 10 heteroatoms. The van der Waals surface area contributed by atoms with E-state index in [4.69, 9.17) is 18.9 Å². The van der Waals surface area contributed by atoms with E-state index in [9.17, 15) is 18.8 Å². The minimum absolute atomic E-state index is 0.192. The maximum absolute atomic E-state index is 13.5. The Morgan fingerprint density at radius 3 is 2.22 bits per heavy atom. The van der Waals surface area contributed by atoms with Gasteiger partial charge in [0, 0.05) is 32.6 Å². The second-order valence-corrected chi connectivity index (χ2v) is 7.68. The molecule has 7 nitrogen and oxygen atoms in total. The van der Waals surface area contributed by atoms with E-state index in [0.717, 1.165) is 0 Å². The Balaban J connectivity index is 2.32. The highest BCUT2D eigenvalue weighted by molar-refractivity contribution is 9.10. The zero-order valence-corrected chi connectivity index (χ0v) is 17.2. The van der Waals surface area contributed by atoms with Gasteiger partial charge in [-0.2, -0.15) is 0 Å². The lowest BCUT2D eigenvalue weighted by Gasteiger charge is -2.40. The van der Waals surface area contributed by atoms with Gasteiger partial charge in [-0.15, -0.1) is 11.8 Å². The summed E-state index contributed by atoms with van der Waals surface area (Å²) in [6, 6.07) is 3.91. The summed E-state index contributed by atoms with van der Waals surface area (Å²) in [5, 5.41) is 0. The molecule has 0 aliphatic carbocycles. The first-order valence-electron chi connectivity index (χ1n) is 7.92. The number of carbonyl (C=O) groups excluding carboxylic acids is 3. The van der Waals surface area contributed by atoms with Crippen LogP contribution in [0.5, 0.6) is 5.75 Å². The summed E-state index contributed by atoms with van der Waals surface area (Å²) in [6.07, 6.45) is -2.95. The average Bonchev–Trinajstić information content (AvgIpc) is 2.55. The predicted molar refractivity (Wildman–Crippen MR) is 97.6 cm³/mol. The second kappa shape index (κ2) is 9.41. The van der Waals surface area contributed by atoms with E-state index < -0.39 is 47.5 Å². The van der Waals surface area contributed by atoms with Gasteiger partial charge in [-0.25, -0.2) is 4.39 Å². The van der Waals surface area contributed by atoms with Crippen LogP contribution in [0.2, 0.25) is 0 Å². The molecule has 0 N–H and O–H groups in total. The molecule has 1 aromatic carbocycles. The van der Waals surface area contributed by atoms with E-state index in [2.05, 4.69) is 15.9 Å². The van der Waals surface area contributed by atoms with Crippen molar-refractivity contribution in [2.24, 2.45) is 0 Å². The number of ether oxygens (including phenoxy) is 4. The fourth-order valence-corrected chi connectivity index (χ4v) is 4.05. The van der Waals surface area contributed by atoms with Crippen molar-refractivity contribution in [1.29, 1.82) is 0 Å². The molecule has 1 saturated heterocycles. The van der Waals surface area contributed by atoms with Crippen molar-refractivity contribution in [3.05, 3.63) is 28.5 Å². The predicted octanol–water partition coefficient (Wildman–Crippen LogP) is 2.84. The van der Waals surface area contributed by atoms with Crippen LogP contribution in [-0.2, 0) is 28.6 Å². The molecule has 0 radical (unpaired) electrons. The molecule has 0 spiro atoms. The normalized spacial score (nSPS) is 24.6. The maximum Gasteiger partial charge on any atom is 0.303 e. The van der Waals surface area contributed by atoms with Gasteiger partial charge in [0.25, 0.3) is 0 Å². The monoisotopic (exact) mass is 464 g/mol. The van der Waals surface area contributed by atoms with Crippen LogP contribution in [0.25, 0.3) is 0 Å². The van der Waals surface area contributed by atoms with Crippen molar-refractivity contribution in [3.63, 3.8) is 0 Å². The first-order chi connectivity index (χ1) is 12.7. The SMILES string of the molecule is CC(=O)O[C@@H]1[C@@H](OC(C)=O)[C@@H](Oc2cc(F)ccc2Br)SC[C@H]1OC(C)=O. The molecule has 1 aliphatic heterocycles. The molecule has 0 saturated carbocycles. The number of rotatable bonds is 5. The van der Waals surface area contributed by atoms with Gasteiger partial charge in [0.2, 0.25) is 0 Å². The highest BCUT2D eigenvalue weighted by Gasteiger charge is 2.47. The highest BCUT2D eigenvalue weighted by atomic mass is 79.9. The zero-order chi connectivity index (χ0) is 20.1. The molecule has 1 aromatic rings. The number of hydrogen-bond donors (Lipinski definition) is 0. The first-order valence-corrected chi connectivity index (χ1v) is 9.76. The van der Waals surface area contributed by atoms with Crippen LogP contribution in [0.3, 0.4) is 0 Å². The maximum atomic E-state index is 13.5. The topological polar surface area (TPSA) is 88.1 Å². The highest BCUT2D eigenvalue weighted by Crippen LogP contribution is 2.36. The van der Waals surface area contributed by atoms with E-state index in [-0.39, 0.29) is 11.5 Å². The summed E-state index contributed by atoms with van der Waals surface area (Å²) in [5.41, 5.74) is -0.817. The molecule has 27 heavy (non-hydrogen) atoms. The number of hydrogen-bond acceptors (Lipinski definition) is 8. The van der Waals surface area contributed by atoms with Crippen molar-refractivity contribution < 1.29 is 37.7 Å². The number of esters is 3. The Kier molecular flexibility index (Phi) is 7.49. The van der Waals surface area contributed by atoms with E-state index in [1.807, 2.05) is 0 Å². The van der Waals surface area contributed by atoms with Crippen molar-refractivity contribution in [3.8, 4) is 5.75 Å². The minimum atomic E-state index is -1.07. The molecule has 0 aromatic heterocycles. The van der Waals surface area contributed by atoms with Crippen molar-refractivity contribution in [2.45, 2.75) is 44.5 Å². The van der Waals surface area contributed by atoms with Gasteiger partial charge in [0.15, 0.2) is 23.7 Å². The molecule has 1 aliphatic rings. The first kappa shape index (κ1) is 21.5. The van der Waals surface area contributed by atoms with Crippen LogP contribution in [0, 0.1) is 5.82 Å². The fourth-order valence-electron chi connectivity index (χ4n) is 2.50. The molecule has 4 atom stereocenters. The quantitative estimate of drug-likeness (QED) is 0.485. The van der Waals surface area contributed by atoms with Crippen LogP contribution in [0.1, 0.15) is 20.8 Å². The van der Waals surface area contributed by atoms with Gasteiger partial charge in [-0.05, 0) is 28.1 Å². The Morgan fingerprint density at radius 1 is 1.04 bits per heavy atom. The summed E-state index contributed by atoms with van der Waals surface area (Å²) in [6.45, 7) is 3.61. The van der Waals surface area contributed by atoms with Crippen LogP contribution in [0.15, 0.2) is 22.7 Å². The third-order valence-corrected chi connectivity index (χ3v) is 5.31. The number of halogens is 2. The largest absolute Gasteiger partial charge is 0.474 e.